The van der Waals surface area contributed by atoms with Crippen LogP contribution in [0.25, 0.3) is 0 Å². The molecule has 1 heterocycles. The van der Waals surface area contributed by atoms with E-state index in [1.54, 1.807) is 0 Å². The van der Waals surface area contributed by atoms with Crippen LogP contribution >= 0.6 is 0 Å². The summed E-state index contributed by atoms with van der Waals surface area (Å²) in [6.07, 6.45) is 2.43. The van der Waals surface area contributed by atoms with Crippen molar-refractivity contribution in [3.8, 4) is 0 Å². The van der Waals surface area contributed by atoms with Crippen molar-refractivity contribution in [2.75, 3.05) is 36.9 Å². The standard InChI is InChI=1S/C15H26N4O/c1-4-16-13-9-14(17-7-8-20-10-11(2)3)19-15(18-13)12-5-6-12/h9,11-12H,4-8,10H2,1-3H3,(H2,16,17,18,19). The van der Waals surface area contributed by atoms with E-state index in [0.29, 0.717) is 18.4 Å². The Bertz CT molecular complexity index is 418. The highest BCUT2D eigenvalue weighted by molar-refractivity contribution is 5.48. The quantitative estimate of drug-likeness (QED) is 0.680. The van der Waals surface area contributed by atoms with Gasteiger partial charge in [0.1, 0.15) is 17.5 Å². The van der Waals surface area contributed by atoms with Crippen LogP contribution in [-0.2, 0) is 4.74 Å². The van der Waals surface area contributed by atoms with Crippen molar-refractivity contribution in [2.24, 2.45) is 5.92 Å². The first-order chi connectivity index (χ1) is 9.69. The minimum atomic E-state index is 0.561. The summed E-state index contributed by atoms with van der Waals surface area (Å²) >= 11 is 0. The Labute approximate surface area is 121 Å². The van der Waals surface area contributed by atoms with Gasteiger partial charge in [0.25, 0.3) is 0 Å². The minimum Gasteiger partial charge on any atom is -0.379 e. The van der Waals surface area contributed by atoms with Crippen LogP contribution in [0.3, 0.4) is 0 Å². The van der Waals surface area contributed by atoms with Gasteiger partial charge in [-0.3, -0.25) is 0 Å². The molecule has 2 N–H and O–H groups in total. The normalized spacial score (nSPS) is 14.6. The molecule has 0 bridgehead atoms. The molecule has 5 heteroatoms. The number of hydrogen-bond donors (Lipinski definition) is 2. The third-order valence-corrected chi connectivity index (χ3v) is 3.05. The van der Waals surface area contributed by atoms with E-state index in [-0.39, 0.29) is 0 Å². The van der Waals surface area contributed by atoms with Gasteiger partial charge in [0.2, 0.25) is 0 Å². The summed E-state index contributed by atoms with van der Waals surface area (Å²) in [6, 6.07) is 1.97. The zero-order valence-electron chi connectivity index (χ0n) is 12.8. The van der Waals surface area contributed by atoms with Gasteiger partial charge in [-0.1, -0.05) is 13.8 Å². The molecule has 1 saturated carbocycles. The predicted molar refractivity (Wildman–Crippen MR) is 82.3 cm³/mol. The Morgan fingerprint density at radius 3 is 2.55 bits per heavy atom. The van der Waals surface area contributed by atoms with Crippen molar-refractivity contribution in [2.45, 2.75) is 39.5 Å². The molecular weight excluding hydrogens is 252 g/mol. The lowest BCUT2D eigenvalue weighted by atomic mass is 10.2. The maximum absolute atomic E-state index is 5.56. The molecular formula is C15H26N4O. The molecule has 20 heavy (non-hydrogen) atoms. The fourth-order valence-electron chi connectivity index (χ4n) is 1.92. The van der Waals surface area contributed by atoms with E-state index in [9.17, 15) is 0 Å². The first-order valence-corrected chi connectivity index (χ1v) is 7.63. The van der Waals surface area contributed by atoms with Crippen LogP contribution < -0.4 is 10.6 Å². The second-order valence-electron chi connectivity index (χ2n) is 5.70. The highest BCUT2D eigenvalue weighted by atomic mass is 16.5. The van der Waals surface area contributed by atoms with Gasteiger partial charge in [0.05, 0.1) is 6.61 Å². The van der Waals surface area contributed by atoms with Gasteiger partial charge in [0.15, 0.2) is 0 Å². The van der Waals surface area contributed by atoms with E-state index >= 15 is 0 Å². The molecule has 0 unspecified atom stereocenters. The average molecular weight is 278 g/mol. The molecule has 0 amide bonds. The van der Waals surface area contributed by atoms with Crippen LogP contribution in [0.2, 0.25) is 0 Å². The molecule has 0 aliphatic heterocycles. The minimum absolute atomic E-state index is 0.561. The Morgan fingerprint density at radius 2 is 1.95 bits per heavy atom. The number of aromatic nitrogens is 2. The van der Waals surface area contributed by atoms with Gasteiger partial charge < -0.3 is 15.4 Å². The van der Waals surface area contributed by atoms with Crippen LogP contribution in [0.15, 0.2) is 6.07 Å². The smallest absolute Gasteiger partial charge is 0.136 e. The molecule has 0 atom stereocenters. The highest BCUT2D eigenvalue weighted by Gasteiger charge is 2.27. The summed E-state index contributed by atoms with van der Waals surface area (Å²) in [5.74, 6) is 3.91. The molecule has 1 aromatic heterocycles. The number of rotatable bonds is 9. The van der Waals surface area contributed by atoms with Crippen LogP contribution in [0.5, 0.6) is 0 Å². The molecule has 1 aliphatic rings. The number of anilines is 2. The van der Waals surface area contributed by atoms with Gasteiger partial charge in [0, 0.05) is 31.7 Å². The first-order valence-electron chi connectivity index (χ1n) is 7.63. The Balaban J connectivity index is 1.85. The van der Waals surface area contributed by atoms with Crippen molar-refractivity contribution in [1.82, 2.24) is 9.97 Å². The van der Waals surface area contributed by atoms with E-state index in [0.717, 1.165) is 37.2 Å². The molecule has 112 valence electrons. The van der Waals surface area contributed by atoms with E-state index in [1.165, 1.54) is 12.8 Å². The fourth-order valence-corrected chi connectivity index (χ4v) is 1.92. The summed E-state index contributed by atoms with van der Waals surface area (Å²) in [5.41, 5.74) is 0. The topological polar surface area (TPSA) is 59.1 Å². The Morgan fingerprint density at radius 1 is 1.25 bits per heavy atom. The summed E-state index contributed by atoms with van der Waals surface area (Å²) in [5, 5.41) is 6.59. The number of nitrogens with one attached hydrogen (secondary N) is 2. The molecule has 0 spiro atoms. The number of ether oxygens (including phenoxy) is 1. The number of hydrogen-bond acceptors (Lipinski definition) is 5. The van der Waals surface area contributed by atoms with Crippen molar-refractivity contribution in [3.63, 3.8) is 0 Å². The van der Waals surface area contributed by atoms with E-state index in [4.69, 9.17) is 4.74 Å². The molecule has 5 nitrogen and oxygen atoms in total. The van der Waals surface area contributed by atoms with Gasteiger partial charge in [-0.05, 0) is 25.7 Å². The zero-order chi connectivity index (χ0) is 14.4. The summed E-state index contributed by atoms with van der Waals surface area (Å²) in [6.45, 7) is 9.55. The second-order valence-corrected chi connectivity index (χ2v) is 5.70. The monoisotopic (exact) mass is 278 g/mol. The van der Waals surface area contributed by atoms with Crippen LogP contribution in [0.4, 0.5) is 11.6 Å². The van der Waals surface area contributed by atoms with Crippen LogP contribution in [0.1, 0.15) is 45.4 Å². The van der Waals surface area contributed by atoms with Gasteiger partial charge in [-0.2, -0.15) is 0 Å². The Hall–Kier alpha value is -1.36. The number of nitrogens with zero attached hydrogens (tertiary/aromatic N) is 2. The molecule has 1 aliphatic carbocycles. The van der Waals surface area contributed by atoms with Crippen molar-refractivity contribution < 1.29 is 4.74 Å². The SMILES string of the molecule is CCNc1cc(NCCOCC(C)C)nc(C2CC2)n1. The highest BCUT2D eigenvalue weighted by Crippen LogP contribution is 2.38. The molecule has 1 fully saturated rings. The average Bonchev–Trinajstić information content (AvgIpc) is 3.22. The van der Waals surface area contributed by atoms with Gasteiger partial charge in [-0.25, -0.2) is 9.97 Å². The van der Waals surface area contributed by atoms with Crippen LogP contribution in [-0.4, -0.2) is 36.3 Å². The predicted octanol–water partition coefficient (Wildman–Crippen LogP) is 2.87. The largest absolute Gasteiger partial charge is 0.379 e. The van der Waals surface area contributed by atoms with Crippen molar-refractivity contribution in [1.29, 1.82) is 0 Å². The molecule has 2 rings (SSSR count). The molecule has 1 aromatic rings. The summed E-state index contributed by atoms with van der Waals surface area (Å²) in [7, 11) is 0. The van der Waals surface area contributed by atoms with Crippen molar-refractivity contribution in [3.05, 3.63) is 11.9 Å². The molecule has 0 saturated heterocycles. The van der Waals surface area contributed by atoms with E-state index in [1.807, 2.05) is 6.07 Å². The summed E-state index contributed by atoms with van der Waals surface area (Å²) < 4.78 is 5.56. The zero-order valence-corrected chi connectivity index (χ0v) is 12.8. The van der Waals surface area contributed by atoms with E-state index in [2.05, 4.69) is 41.4 Å². The maximum Gasteiger partial charge on any atom is 0.136 e. The fraction of sp³-hybridized carbons (Fsp3) is 0.733. The summed E-state index contributed by atoms with van der Waals surface area (Å²) in [4.78, 5) is 9.15. The van der Waals surface area contributed by atoms with Crippen LogP contribution in [0, 0.1) is 5.92 Å². The second kappa shape index (κ2) is 7.43. The lowest BCUT2D eigenvalue weighted by Crippen LogP contribution is -2.14. The molecule has 0 aromatic carbocycles. The first kappa shape index (κ1) is 15.0. The maximum atomic E-state index is 5.56. The third kappa shape index (κ3) is 4.96. The molecule has 0 radical (unpaired) electrons. The van der Waals surface area contributed by atoms with Gasteiger partial charge >= 0.3 is 0 Å². The Kier molecular flexibility index (Phi) is 5.59. The van der Waals surface area contributed by atoms with E-state index < -0.39 is 0 Å². The lowest BCUT2D eigenvalue weighted by molar-refractivity contribution is 0.118. The third-order valence-electron chi connectivity index (χ3n) is 3.05. The van der Waals surface area contributed by atoms with Gasteiger partial charge in [-0.15, -0.1) is 0 Å². The van der Waals surface area contributed by atoms with Crippen molar-refractivity contribution >= 4 is 11.6 Å². The lowest BCUT2D eigenvalue weighted by Gasteiger charge is -2.11.